The number of hydrogen-bond donors (Lipinski definition) is 1. The van der Waals surface area contributed by atoms with Gasteiger partial charge in [-0.25, -0.2) is 0 Å². The molecule has 102 valence electrons. The SMILES string of the molecule is Cl.Cl.O=C(O)CN1CCN(C2CCCC2)CC1. The van der Waals surface area contributed by atoms with E-state index in [4.69, 9.17) is 5.11 Å². The molecular weight excluding hydrogens is 263 g/mol. The Morgan fingerprint density at radius 2 is 1.59 bits per heavy atom. The molecule has 2 fully saturated rings. The molecule has 0 aromatic rings. The van der Waals surface area contributed by atoms with Gasteiger partial charge >= 0.3 is 5.97 Å². The molecule has 6 heteroatoms. The van der Waals surface area contributed by atoms with Crippen LogP contribution in [-0.4, -0.2) is 59.6 Å². The van der Waals surface area contributed by atoms with E-state index in [0.29, 0.717) is 0 Å². The number of carboxylic acids is 1. The summed E-state index contributed by atoms with van der Waals surface area (Å²) in [7, 11) is 0. The third-order valence-corrected chi connectivity index (χ3v) is 3.61. The highest BCUT2D eigenvalue weighted by atomic mass is 35.5. The summed E-state index contributed by atoms with van der Waals surface area (Å²) in [5.74, 6) is -0.704. The van der Waals surface area contributed by atoms with Crippen LogP contribution < -0.4 is 0 Å². The van der Waals surface area contributed by atoms with Crippen molar-refractivity contribution in [1.82, 2.24) is 9.80 Å². The maximum absolute atomic E-state index is 10.5. The zero-order valence-electron chi connectivity index (χ0n) is 10.0. The van der Waals surface area contributed by atoms with Gasteiger partial charge in [0.05, 0.1) is 6.54 Å². The Morgan fingerprint density at radius 3 is 2.06 bits per heavy atom. The van der Waals surface area contributed by atoms with Crippen molar-refractivity contribution in [2.75, 3.05) is 32.7 Å². The van der Waals surface area contributed by atoms with Gasteiger partial charge in [0.1, 0.15) is 0 Å². The fraction of sp³-hybridized carbons (Fsp3) is 0.909. The molecule has 17 heavy (non-hydrogen) atoms. The van der Waals surface area contributed by atoms with E-state index in [1.54, 1.807) is 0 Å². The zero-order chi connectivity index (χ0) is 10.7. The van der Waals surface area contributed by atoms with E-state index in [9.17, 15) is 4.79 Å². The Balaban J connectivity index is 0.00000128. The lowest BCUT2D eigenvalue weighted by Crippen LogP contribution is -2.50. The highest BCUT2D eigenvalue weighted by Gasteiger charge is 2.26. The standard InChI is InChI=1S/C11H20N2O2.2ClH/c14-11(15)9-12-5-7-13(8-6-12)10-3-1-2-4-10;;/h10H,1-9H2,(H,14,15);2*1H. The number of halogens is 2. The largest absolute Gasteiger partial charge is 0.480 e. The number of piperazine rings is 1. The molecule has 4 nitrogen and oxygen atoms in total. The molecule has 0 spiro atoms. The lowest BCUT2D eigenvalue weighted by molar-refractivity contribution is -0.138. The minimum absolute atomic E-state index is 0. The molecule has 0 unspecified atom stereocenters. The van der Waals surface area contributed by atoms with Crippen LogP contribution in [0.5, 0.6) is 0 Å². The second-order valence-corrected chi connectivity index (χ2v) is 4.64. The summed E-state index contributed by atoms with van der Waals surface area (Å²) in [6.07, 6.45) is 5.44. The van der Waals surface area contributed by atoms with Crippen molar-refractivity contribution in [3.05, 3.63) is 0 Å². The van der Waals surface area contributed by atoms with Gasteiger partial charge in [-0.3, -0.25) is 14.6 Å². The molecule has 0 radical (unpaired) electrons. The number of carbonyl (C=O) groups is 1. The van der Waals surface area contributed by atoms with Crippen molar-refractivity contribution in [2.24, 2.45) is 0 Å². The Morgan fingerprint density at radius 1 is 1.06 bits per heavy atom. The second kappa shape index (κ2) is 8.14. The average molecular weight is 285 g/mol. The quantitative estimate of drug-likeness (QED) is 0.853. The predicted octanol–water partition coefficient (Wildman–Crippen LogP) is 1.47. The Labute approximate surface area is 115 Å². The first-order chi connectivity index (χ1) is 7.25. The molecule has 1 aliphatic heterocycles. The molecule has 0 atom stereocenters. The van der Waals surface area contributed by atoms with Crippen molar-refractivity contribution in [3.8, 4) is 0 Å². The lowest BCUT2D eigenvalue weighted by atomic mass is 10.2. The summed E-state index contributed by atoms with van der Waals surface area (Å²) >= 11 is 0. The van der Waals surface area contributed by atoms with Gasteiger partial charge < -0.3 is 5.11 Å². The topological polar surface area (TPSA) is 43.8 Å². The number of hydrogen-bond acceptors (Lipinski definition) is 3. The molecule has 0 bridgehead atoms. The third-order valence-electron chi connectivity index (χ3n) is 3.61. The van der Waals surface area contributed by atoms with Gasteiger partial charge in [-0.1, -0.05) is 12.8 Å². The molecule has 0 aromatic carbocycles. The smallest absolute Gasteiger partial charge is 0.317 e. The molecule has 0 aromatic heterocycles. The molecule has 2 aliphatic rings. The van der Waals surface area contributed by atoms with Gasteiger partial charge in [-0.05, 0) is 12.8 Å². The van der Waals surface area contributed by atoms with Crippen molar-refractivity contribution in [2.45, 2.75) is 31.7 Å². The highest BCUT2D eigenvalue weighted by Crippen LogP contribution is 2.24. The van der Waals surface area contributed by atoms with Gasteiger partial charge in [0, 0.05) is 32.2 Å². The number of nitrogens with zero attached hydrogens (tertiary/aromatic N) is 2. The number of rotatable bonds is 3. The monoisotopic (exact) mass is 284 g/mol. The Hall–Kier alpha value is -0.0300. The average Bonchev–Trinajstić information content (AvgIpc) is 2.71. The van der Waals surface area contributed by atoms with Crippen LogP contribution in [0.3, 0.4) is 0 Å². The van der Waals surface area contributed by atoms with E-state index in [-0.39, 0.29) is 31.4 Å². The number of aliphatic carboxylic acids is 1. The van der Waals surface area contributed by atoms with Gasteiger partial charge in [0.15, 0.2) is 0 Å². The fourth-order valence-corrected chi connectivity index (χ4v) is 2.75. The summed E-state index contributed by atoms with van der Waals surface area (Å²) in [6.45, 7) is 4.15. The van der Waals surface area contributed by atoms with E-state index >= 15 is 0 Å². The summed E-state index contributed by atoms with van der Waals surface area (Å²) in [6, 6.07) is 0.789. The van der Waals surface area contributed by atoms with Gasteiger partial charge in [-0.2, -0.15) is 0 Å². The molecule has 1 saturated carbocycles. The maximum Gasteiger partial charge on any atom is 0.317 e. The second-order valence-electron chi connectivity index (χ2n) is 4.64. The summed E-state index contributed by atoms with van der Waals surface area (Å²) < 4.78 is 0. The van der Waals surface area contributed by atoms with Crippen LogP contribution in [0.4, 0.5) is 0 Å². The first-order valence-electron chi connectivity index (χ1n) is 5.94. The molecule has 1 N–H and O–H groups in total. The van der Waals surface area contributed by atoms with Crippen LogP contribution in [0.15, 0.2) is 0 Å². The summed E-state index contributed by atoms with van der Waals surface area (Å²) in [4.78, 5) is 15.1. The summed E-state index contributed by atoms with van der Waals surface area (Å²) in [5, 5.41) is 8.69. The summed E-state index contributed by atoms with van der Waals surface area (Å²) in [5.41, 5.74) is 0. The first kappa shape index (κ1) is 17.0. The van der Waals surface area contributed by atoms with Crippen LogP contribution in [0, 0.1) is 0 Å². The van der Waals surface area contributed by atoms with E-state index in [1.807, 2.05) is 4.90 Å². The third kappa shape index (κ3) is 5.00. The van der Waals surface area contributed by atoms with Gasteiger partial charge in [0.2, 0.25) is 0 Å². The zero-order valence-corrected chi connectivity index (χ0v) is 11.6. The minimum Gasteiger partial charge on any atom is -0.480 e. The van der Waals surface area contributed by atoms with Crippen LogP contribution in [0.1, 0.15) is 25.7 Å². The normalized spacial score (nSPS) is 22.8. The van der Waals surface area contributed by atoms with Crippen LogP contribution in [0.2, 0.25) is 0 Å². The molecule has 0 amide bonds. The van der Waals surface area contributed by atoms with Crippen molar-refractivity contribution in [3.63, 3.8) is 0 Å². The number of carboxylic acid groups (broad SMARTS) is 1. The fourth-order valence-electron chi connectivity index (χ4n) is 2.75. The van der Waals surface area contributed by atoms with Crippen LogP contribution in [0.25, 0.3) is 0 Å². The molecule has 2 rings (SSSR count). The molecule has 1 aliphatic carbocycles. The van der Waals surface area contributed by atoms with Crippen molar-refractivity contribution >= 4 is 30.8 Å². The van der Waals surface area contributed by atoms with Gasteiger partial charge in [0.25, 0.3) is 0 Å². The van der Waals surface area contributed by atoms with Crippen LogP contribution >= 0.6 is 24.8 Å². The Bertz CT molecular complexity index is 228. The van der Waals surface area contributed by atoms with Gasteiger partial charge in [-0.15, -0.1) is 24.8 Å². The van der Waals surface area contributed by atoms with Crippen molar-refractivity contribution in [1.29, 1.82) is 0 Å². The van der Waals surface area contributed by atoms with E-state index < -0.39 is 5.97 Å². The van der Waals surface area contributed by atoms with Crippen LogP contribution in [-0.2, 0) is 4.79 Å². The molecular formula is C11H22Cl2N2O2. The maximum atomic E-state index is 10.5. The van der Waals surface area contributed by atoms with E-state index in [1.165, 1.54) is 25.7 Å². The highest BCUT2D eigenvalue weighted by molar-refractivity contribution is 5.85. The molecule has 1 saturated heterocycles. The van der Waals surface area contributed by atoms with E-state index in [0.717, 1.165) is 32.2 Å². The minimum atomic E-state index is -0.704. The predicted molar refractivity (Wildman–Crippen MR) is 72.4 cm³/mol. The Kier molecular flexibility index (Phi) is 8.12. The first-order valence-corrected chi connectivity index (χ1v) is 5.94. The van der Waals surface area contributed by atoms with E-state index in [2.05, 4.69) is 4.90 Å². The van der Waals surface area contributed by atoms with Crippen molar-refractivity contribution < 1.29 is 9.90 Å². The molecule has 1 heterocycles. The lowest BCUT2D eigenvalue weighted by Gasteiger charge is -2.37.